The van der Waals surface area contributed by atoms with Gasteiger partial charge in [-0.3, -0.25) is 9.59 Å². The number of nitrogens with zero attached hydrogens (tertiary/aromatic N) is 1. The van der Waals surface area contributed by atoms with E-state index in [4.69, 9.17) is 4.74 Å². The summed E-state index contributed by atoms with van der Waals surface area (Å²) in [6.45, 7) is 0. The Morgan fingerprint density at radius 3 is 2.64 bits per heavy atom. The number of aromatic nitrogens is 1. The summed E-state index contributed by atoms with van der Waals surface area (Å²) in [5.41, 5.74) is 0.473. The third-order valence-electron chi connectivity index (χ3n) is 4.12. The second kappa shape index (κ2) is 7.77. The second-order valence-corrected chi connectivity index (χ2v) is 5.71. The average molecular weight is 306 g/mol. The number of hydrogen-bond acceptors (Lipinski definition) is 4. The van der Waals surface area contributed by atoms with Crippen molar-refractivity contribution in [2.24, 2.45) is 11.8 Å². The van der Waals surface area contributed by atoms with Crippen molar-refractivity contribution < 1.29 is 19.4 Å². The Bertz CT molecular complexity index is 509. The highest BCUT2D eigenvalue weighted by atomic mass is 16.5. The molecule has 6 nitrogen and oxygen atoms in total. The Morgan fingerprint density at radius 2 is 2.09 bits per heavy atom. The molecule has 120 valence electrons. The summed E-state index contributed by atoms with van der Waals surface area (Å²) in [7, 11) is 1.51. The zero-order chi connectivity index (χ0) is 15.9. The molecular formula is C16H22N2O4. The summed E-state index contributed by atoms with van der Waals surface area (Å²) in [5.74, 6) is -1.79. The third kappa shape index (κ3) is 4.44. The molecule has 2 rings (SSSR count). The van der Waals surface area contributed by atoms with Crippen LogP contribution >= 0.6 is 0 Å². The summed E-state index contributed by atoms with van der Waals surface area (Å²) >= 11 is 0. The number of ether oxygens (including phenoxy) is 1. The summed E-state index contributed by atoms with van der Waals surface area (Å²) in [5, 5.41) is 12.0. The van der Waals surface area contributed by atoms with E-state index in [9.17, 15) is 14.7 Å². The quantitative estimate of drug-likeness (QED) is 0.789. The van der Waals surface area contributed by atoms with E-state index in [0.29, 0.717) is 23.9 Å². The molecular weight excluding hydrogens is 284 g/mol. The minimum absolute atomic E-state index is 0.328. The van der Waals surface area contributed by atoms with Gasteiger partial charge in [-0.15, -0.1) is 0 Å². The minimum Gasteiger partial charge on any atom is -0.481 e. The number of hydrogen-bond donors (Lipinski definition) is 2. The maximum absolute atomic E-state index is 12.2. The molecule has 1 heterocycles. The van der Waals surface area contributed by atoms with E-state index in [1.54, 1.807) is 12.1 Å². The fourth-order valence-corrected chi connectivity index (χ4v) is 2.88. The van der Waals surface area contributed by atoms with Crippen LogP contribution in [0.5, 0.6) is 5.88 Å². The van der Waals surface area contributed by atoms with E-state index in [-0.39, 0.29) is 0 Å². The molecule has 1 atom stereocenters. The van der Waals surface area contributed by atoms with Crippen molar-refractivity contribution in [1.82, 2.24) is 4.98 Å². The number of nitrogens with one attached hydrogen (secondary N) is 1. The predicted molar refractivity (Wildman–Crippen MR) is 81.7 cm³/mol. The van der Waals surface area contributed by atoms with Gasteiger partial charge in [0.25, 0.3) is 0 Å². The molecule has 1 fully saturated rings. The first-order valence-corrected chi connectivity index (χ1v) is 7.64. The number of carbonyl (C=O) groups is 2. The van der Waals surface area contributed by atoms with Gasteiger partial charge in [0, 0.05) is 6.07 Å². The van der Waals surface area contributed by atoms with Crippen LogP contribution in [0, 0.1) is 11.8 Å². The Labute approximate surface area is 129 Å². The van der Waals surface area contributed by atoms with Gasteiger partial charge in [0.05, 0.1) is 19.0 Å². The summed E-state index contributed by atoms with van der Waals surface area (Å²) in [6.07, 6.45) is 7.35. The lowest BCUT2D eigenvalue weighted by atomic mass is 9.82. The number of rotatable bonds is 6. The SMILES string of the molecule is COc1ccc(NC(=O)C(CC2CCCCC2)C(=O)O)cn1. The fraction of sp³-hybridized carbons (Fsp3) is 0.562. The standard InChI is InChI=1S/C16H22N2O4/c1-22-14-8-7-12(10-17-14)18-15(19)13(16(20)21)9-11-5-3-2-4-6-11/h7-8,10-11,13H,2-6,9H2,1H3,(H,18,19)(H,20,21). The largest absolute Gasteiger partial charge is 0.481 e. The summed E-state index contributed by atoms with van der Waals surface area (Å²) in [6, 6.07) is 3.26. The first-order chi connectivity index (χ1) is 10.6. The van der Waals surface area contributed by atoms with E-state index < -0.39 is 17.8 Å². The molecule has 1 aromatic rings. The zero-order valence-electron chi connectivity index (χ0n) is 12.7. The van der Waals surface area contributed by atoms with Crippen molar-refractivity contribution >= 4 is 17.6 Å². The summed E-state index contributed by atoms with van der Waals surface area (Å²) < 4.78 is 4.94. The smallest absolute Gasteiger partial charge is 0.316 e. The van der Waals surface area contributed by atoms with Crippen LogP contribution in [0.25, 0.3) is 0 Å². The molecule has 0 bridgehead atoms. The fourth-order valence-electron chi connectivity index (χ4n) is 2.88. The second-order valence-electron chi connectivity index (χ2n) is 5.71. The van der Waals surface area contributed by atoms with Gasteiger partial charge in [-0.25, -0.2) is 4.98 Å². The highest BCUT2D eigenvalue weighted by Gasteiger charge is 2.30. The molecule has 6 heteroatoms. The van der Waals surface area contributed by atoms with Gasteiger partial charge in [0.15, 0.2) is 0 Å². The molecule has 0 saturated heterocycles. The highest BCUT2D eigenvalue weighted by Crippen LogP contribution is 2.29. The maximum atomic E-state index is 12.2. The molecule has 2 N–H and O–H groups in total. The van der Waals surface area contributed by atoms with Gasteiger partial charge in [-0.05, 0) is 18.4 Å². The van der Waals surface area contributed by atoms with Crippen molar-refractivity contribution in [2.75, 3.05) is 12.4 Å². The van der Waals surface area contributed by atoms with Crippen LogP contribution in [0.3, 0.4) is 0 Å². The number of carboxylic acid groups (broad SMARTS) is 1. The Balaban J connectivity index is 1.97. The van der Waals surface area contributed by atoms with Crippen LogP contribution < -0.4 is 10.1 Å². The molecule has 22 heavy (non-hydrogen) atoms. The van der Waals surface area contributed by atoms with E-state index in [1.807, 2.05) is 0 Å². The number of carbonyl (C=O) groups excluding carboxylic acids is 1. The molecule has 1 aromatic heterocycles. The monoisotopic (exact) mass is 306 g/mol. The Hall–Kier alpha value is -2.11. The van der Waals surface area contributed by atoms with Crippen molar-refractivity contribution in [3.8, 4) is 5.88 Å². The van der Waals surface area contributed by atoms with Crippen LogP contribution in [-0.4, -0.2) is 29.1 Å². The maximum Gasteiger partial charge on any atom is 0.316 e. The first-order valence-electron chi connectivity index (χ1n) is 7.64. The number of aliphatic carboxylic acids is 1. The summed E-state index contributed by atoms with van der Waals surface area (Å²) in [4.78, 5) is 27.6. The van der Waals surface area contributed by atoms with Crippen LogP contribution in [0.15, 0.2) is 18.3 Å². The van der Waals surface area contributed by atoms with Crippen LogP contribution in [0.2, 0.25) is 0 Å². The number of pyridine rings is 1. The minimum atomic E-state index is -1.07. The molecule has 1 amide bonds. The molecule has 0 aliphatic heterocycles. The van der Waals surface area contributed by atoms with E-state index >= 15 is 0 Å². The van der Waals surface area contributed by atoms with Gasteiger partial charge in [0.2, 0.25) is 11.8 Å². The van der Waals surface area contributed by atoms with Crippen molar-refractivity contribution in [3.05, 3.63) is 18.3 Å². The highest BCUT2D eigenvalue weighted by molar-refractivity contribution is 6.04. The number of methoxy groups -OCH3 is 1. The van der Waals surface area contributed by atoms with E-state index in [1.165, 1.54) is 19.7 Å². The molecule has 1 saturated carbocycles. The van der Waals surface area contributed by atoms with Gasteiger partial charge in [0.1, 0.15) is 5.92 Å². The molecule has 0 radical (unpaired) electrons. The topological polar surface area (TPSA) is 88.5 Å². The molecule has 1 unspecified atom stereocenters. The average Bonchev–Trinajstić information content (AvgIpc) is 2.54. The van der Waals surface area contributed by atoms with E-state index in [0.717, 1.165) is 25.7 Å². The van der Waals surface area contributed by atoms with Crippen molar-refractivity contribution in [2.45, 2.75) is 38.5 Å². The van der Waals surface area contributed by atoms with E-state index in [2.05, 4.69) is 10.3 Å². The lowest BCUT2D eigenvalue weighted by molar-refractivity contribution is -0.146. The van der Waals surface area contributed by atoms with Crippen molar-refractivity contribution in [1.29, 1.82) is 0 Å². The first kappa shape index (κ1) is 16.3. The number of carboxylic acids is 1. The lowest BCUT2D eigenvalue weighted by Gasteiger charge is -2.24. The van der Waals surface area contributed by atoms with Gasteiger partial charge in [-0.1, -0.05) is 32.1 Å². The predicted octanol–water partition coefficient (Wildman–Crippen LogP) is 2.70. The van der Waals surface area contributed by atoms with Crippen LogP contribution in [0.4, 0.5) is 5.69 Å². The van der Waals surface area contributed by atoms with Gasteiger partial charge < -0.3 is 15.2 Å². The molecule has 0 spiro atoms. The van der Waals surface area contributed by atoms with Crippen LogP contribution in [-0.2, 0) is 9.59 Å². The van der Waals surface area contributed by atoms with Crippen LogP contribution in [0.1, 0.15) is 38.5 Å². The number of amides is 1. The zero-order valence-corrected chi connectivity index (χ0v) is 12.7. The lowest BCUT2D eigenvalue weighted by Crippen LogP contribution is -2.31. The normalized spacial score (nSPS) is 16.8. The third-order valence-corrected chi connectivity index (χ3v) is 4.12. The van der Waals surface area contributed by atoms with Gasteiger partial charge >= 0.3 is 5.97 Å². The van der Waals surface area contributed by atoms with Gasteiger partial charge in [-0.2, -0.15) is 0 Å². The Morgan fingerprint density at radius 1 is 1.36 bits per heavy atom. The van der Waals surface area contributed by atoms with Crippen molar-refractivity contribution in [3.63, 3.8) is 0 Å². The molecule has 1 aliphatic rings. The number of anilines is 1. The molecule has 0 aromatic carbocycles. The molecule has 1 aliphatic carbocycles. The Kier molecular flexibility index (Phi) is 5.75.